The average molecular weight is 270 g/mol. The molecule has 0 unspecified atom stereocenters. The summed E-state index contributed by atoms with van der Waals surface area (Å²) in [5, 5.41) is 13.2. The highest BCUT2D eigenvalue weighted by Crippen LogP contribution is 2.38. The van der Waals surface area contributed by atoms with Gasteiger partial charge in [0.1, 0.15) is 5.69 Å². The standard InChI is InChI=1S/C13H16F2N2O2/c1-13(4-2-3-5-13)8-16-12-10(14)6-9(17(18)19)7-11(12)15/h6-7,16H,2-5,8H2,1H3. The summed E-state index contributed by atoms with van der Waals surface area (Å²) in [5.74, 6) is -1.85. The van der Waals surface area contributed by atoms with Gasteiger partial charge in [0, 0.05) is 6.54 Å². The zero-order chi connectivity index (χ0) is 14.0. The number of hydrogen-bond donors (Lipinski definition) is 1. The van der Waals surface area contributed by atoms with Crippen LogP contribution in [0.15, 0.2) is 12.1 Å². The van der Waals surface area contributed by atoms with Gasteiger partial charge >= 0.3 is 0 Å². The van der Waals surface area contributed by atoms with Gasteiger partial charge in [-0.3, -0.25) is 10.1 Å². The molecule has 0 radical (unpaired) electrons. The summed E-state index contributed by atoms with van der Waals surface area (Å²) in [5.41, 5.74) is -0.813. The highest BCUT2D eigenvalue weighted by molar-refractivity contribution is 5.51. The summed E-state index contributed by atoms with van der Waals surface area (Å²) in [6.45, 7) is 2.55. The third-order valence-corrected chi connectivity index (χ3v) is 3.74. The number of nitrogens with zero attached hydrogens (tertiary/aromatic N) is 1. The van der Waals surface area contributed by atoms with Crippen molar-refractivity contribution in [2.45, 2.75) is 32.6 Å². The van der Waals surface area contributed by atoms with Gasteiger partial charge in [-0.25, -0.2) is 8.78 Å². The fraction of sp³-hybridized carbons (Fsp3) is 0.538. The predicted octanol–water partition coefficient (Wildman–Crippen LogP) is 3.87. The molecule has 1 aromatic rings. The summed E-state index contributed by atoms with van der Waals surface area (Å²) in [4.78, 5) is 9.68. The van der Waals surface area contributed by atoms with Gasteiger partial charge in [-0.15, -0.1) is 0 Å². The number of halogens is 2. The largest absolute Gasteiger partial charge is 0.380 e. The van der Waals surface area contributed by atoms with Crippen LogP contribution in [-0.2, 0) is 0 Å². The zero-order valence-corrected chi connectivity index (χ0v) is 10.7. The van der Waals surface area contributed by atoms with E-state index in [-0.39, 0.29) is 11.1 Å². The lowest BCUT2D eigenvalue weighted by Crippen LogP contribution is -2.23. The Morgan fingerprint density at radius 1 is 1.32 bits per heavy atom. The fourth-order valence-corrected chi connectivity index (χ4v) is 2.54. The predicted molar refractivity (Wildman–Crippen MR) is 68.1 cm³/mol. The molecule has 0 bridgehead atoms. The van der Waals surface area contributed by atoms with Gasteiger partial charge in [-0.1, -0.05) is 19.8 Å². The summed E-state index contributed by atoms with van der Waals surface area (Å²) in [6.07, 6.45) is 4.30. The third kappa shape index (κ3) is 3.00. The SMILES string of the molecule is CC1(CNc2c(F)cc([N+](=O)[O-])cc2F)CCCC1. The lowest BCUT2D eigenvalue weighted by atomic mass is 9.89. The minimum atomic E-state index is -0.923. The number of non-ortho nitro benzene ring substituents is 1. The van der Waals surface area contributed by atoms with Crippen molar-refractivity contribution in [3.8, 4) is 0 Å². The second-order valence-corrected chi connectivity index (χ2v) is 5.41. The number of benzene rings is 1. The van der Waals surface area contributed by atoms with Crippen molar-refractivity contribution in [2.75, 3.05) is 11.9 Å². The first-order chi connectivity index (χ1) is 8.91. The quantitative estimate of drug-likeness (QED) is 0.667. The third-order valence-electron chi connectivity index (χ3n) is 3.74. The van der Waals surface area contributed by atoms with Gasteiger partial charge in [-0.05, 0) is 18.3 Å². The van der Waals surface area contributed by atoms with Crippen LogP contribution in [0, 0.1) is 27.2 Å². The van der Waals surface area contributed by atoms with E-state index >= 15 is 0 Å². The smallest absolute Gasteiger partial charge is 0.275 e. The van der Waals surface area contributed by atoms with Crippen molar-refractivity contribution in [2.24, 2.45) is 5.41 Å². The van der Waals surface area contributed by atoms with Gasteiger partial charge in [0.25, 0.3) is 5.69 Å². The Morgan fingerprint density at radius 2 is 1.84 bits per heavy atom. The normalized spacial score (nSPS) is 17.4. The number of nitrogens with one attached hydrogen (secondary N) is 1. The van der Waals surface area contributed by atoms with Crippen molar-refractivity contribution in [3.05, 3.63) is 33.9 Å². The Bertz CT molecular complexity index is 476. The summed E-state index contributed by atoms with van der Waals surface area (Å²) >= 11 is 0. The number of anilines is 1. The molecule has 1 aliphatic rings. The summed E-state index contributed by atoms with van der Waals surface area (Å²) in [7, 11) is 0. The van der Waals surface area contributed by atoms with E-state index in [1.165, 1.54) is 0 Å². The summed E-state index contributed by atoms with van der Waals surface area (Å²) in [6, 6.07) is 1.48. The Hall–Kier alpha value is -1.72. The molecule has 0 heterocycles. The molecule has 6 heteroatoms. The van der Waals surface area contributed by atoms with Crippen molar-refractivity contribution >= 4 is 11.4 Å². The molecule has 1 aromatic carbocycles. The van der Waals surface area contributed by atoms with Crippen LogP contribution < -0.4 is 5.32 Å². The highest BCUT2D eigenvalue weighted by Gasteiger charge is 2.29. The van der Waals surface area contributed by atoms with Crippen LogP contribution in [-0.4, -0.2) is 11.5 Å². The number of rotatable bonds is 4. The van der Waals surface area contributed by atoms with E-state index in [4.69, 9.17) is 0 Å². The fourth-order valence-electron chi connectivity index (χ4n) is 2.54. The van der Waals surface area contributed by atoms with Crippen molar-refractivity contribution in [1.29, 1.82) is 0 Å². The molecule has 0 saturated heterocycles. The van der Waals surface area contributed by atoms with Crippen LogP contribution in [0.3, 0.4) is 0 Å². The molecule has 1 saturated carbocycles. The maximum atomic E-state index is 13.7. The van der Waals surface area contributed by atoms with Gasteiger partial charge in [0.2, 0.25) is 0 Å². The molecule has 1 N–H and O–H groups in total. The minimum absolute atomic E-state index is 0.0423. The molecule has 0 aromatic heterocycles. The van der Waals surface area contributed by atoms with E-state index in [0.717, 1.165) is 37.8 Å². The van der Waals surface area contributed by atoms with Crippen LogP contribution in [0.2, 0.25) is 0 Å². The molecule has 1 aliphatic carbocycles. The van der Waals surface area contributed by atoms with E-state index in [1.807, 2.05) is 0 Å². The second kappa shape index (κ2) is 5.11. The molecule has 104 valence electrons. The van der Waals surface area contributed by atoms with Crippen molar-refractivity contribution in [3.63, 3.8) is 0 Å². The lowest BCUT2D eigenvalue weighted by molar-refractivity contribution is -0.385. The molecule has 0 atom stereocenters. The Kier molecular flexibility index (Phi) is 3.68. The molecule has 1 fully saturated rings. The van der Waals surface area contributed by atoms with Gasteiger partial charge in [-0.2, -0.15) is 0 Å². The summed E-state index contributed by atoms with van der Waals surface area (Å²) < 4.78 is 27.3. The maximum absolute atomic E-state index is 13.7. The number of nitro groups is 1. The van der Waals surface area contributed by atoms with Crippen molar-refractivity contribution in [1.82, 2.24) is 0 Å². The first-order valence-electron chi connectivity index (χ1n) is 6.29. The second-order valence-electron chi connectivity index (χ2n) is 5.41. The average Bonchev–Trinajstić information content (AvgIpc) is 2.75. The number of hydrogen-bond acceptors (Lipinski definition) is 3. The van der Waals surface area contributed by atoms with Gasteiger partial charge in [0.15, 0.2) is 11.6 Å². The Labute approximate surface area is 110 Å². The Morgan fingerprint density at radius 3 is 2.32 bits per heavy atom. The monoisotopic (exact) mass is 270 g/mol. The maximum Gasteiger partial charge on any atom is 0.275 e. The van der Waals surface area contributed by atoms with Gasteiger partial charge in [0.05, 0.1) is 17.1 Å². The van der Waals surface area contributed by atoms with Crippen LogP contribution >= 0.6 is 0 Å². The molecule has 0 aliphatic heterocycles. The lowest BCUT2D eigenvalue weighted by Gasteiger charge is -2.24. The minimum Gasteiger partial charge on any atom is -0.380 e. The van der Waals surface area contributed by atoms with Crippen LogP contribution in [0.25, 0.3) is 0 Å². The van der Waals surface area contributed by atoms with E-state index in [0.29, 0.717) is 6.54 Å². The zero-order valence-electron chi connectivity index (χ0n) is 10.7. The Balaban J connectivity index is 2.14. The molecular weight excluding hydrogens is 254 g/mol. The molecule has 0 amide bonds. The first-order valence-corrected chi connectivity index (χ1v) is 6.29. The van der Waals surface area contributed by atoms with E-state index in [1.54, 1.807) is 0 Å². The molecule has 19 heavy (non-hydrogen) atoms. The van der Waals surface area contributed by atoms with Crippen molar-refractivity contribution < 1.29 is 13.7 Å². The highest BCUT2D eigenvalue weighted by atomic mass is 19.1. The van der Waals surface area contributed by atoms with E-state index in [2.05, 4.69) is 12.2 Å². The number of nitro benzene ring substituents is 1. The molecule has 4 nitrogen and oxygen atoms in total. The first kappa shape index (κ1) is 13.7. The molecule has 0 spiro atoms. The van der Waals surface area contributed by atoms with Crippen LogP contribution in [0.1, 0.15) is 32.6 Å². The van der Waals surface area contributed by atoms with E-state index in [9.17, 15) is 18.9 Å². The topological polar surface area (TPSA) is 55.2 Å². The molecule has 2 rings (SSSR count). The van der Waals surface area contributed by atoms with Gasteiger partial charge < -0.3 is 5.32 Å². The van der Waals surface area contributed by atoms with Crippen LogP contribution in [0.5, 0.6) is 0 Å². The van der Waals surface area contributed by atoms with E-state index < -0.39 is 22.2 Å². The van der Waals surface area contributed by atoms with Crippen LogP contribution in [0.4, 0.5) is 20.2 Å². The molecular formula is C13H16F2N2O2.